The highest BCUT2D eigenvalue weighted by atomic mass is 79.9. The molecule has 0 saturated carbocycles. The van der Waals surface area contributed by atoms with E-state index in [0.29, 0.717) is 4.47 Å². The van der Waals surface area contributed by atoms with Crippen LogP contribution in [0.15, 0.2) is 22.7 Å². The van der Waals surface area contributed by atoms with Crippen LogP contribution >= 0.6 is 15.9 Å². The summed E-state index contributed by atoms with van der Waals surface area (Å²) in [5.74, 6) is -0.249. The van der Waals surface area contributed by atoms with Gasteiger partial charge in [0, 0.05) is 12.6 Å². The van der Waals surface area contributed by atoms with Crippen LogP contribution in [0.3, 0.4) is 0 Å². The molecular weight excluding hydrogens is 261 g/mol. The van der Waals surface area contributed by atoms with Crippen molar-refractivity contribution >= 4 is 15.9 Å². The lowest BCUT2D eigenvalue weighted by molar-refractivity contribution is 0.284. The van der Waals surface area contributed by atoms with Crippen molar-refractivity contribution < 1.29 is 9.50 Å². The van der Waals surface area contributed by atoms with Crippen LogP contribution in [0.1, 0.15) is 24.9 Å². The molecule has 1 aromatic rings. The van der Waals surface area contributed by atoms with E-state index in [1.54, 1.807) is 12.1 Å². The fraction of sp³-hybridized carbons (Fsp3) is 0.455. The first-order valence-corrected chi connectivity index (χ1v) is 5.73. The summed E-state index contributed by atoms with van der Waals surface area (Å²) in [4.78, 5) is 0. The van der Waals surface area contributed by atoms with E-state index in [9.17, 15) is 4.39 Å². The summed E-state index contributed by atoms with van der Waals surface area (Å²) in [6.45, 7) is 2.95. The summed E-state index contributed by atoms with van der Waals surface area (Å²) < 4.78 is 13.5. The van der Waals surface area contributed by atoms with Gasteiger partial charge in [0.05, 0.1) is 4.47 Å². The Morgan fingerprint density at radius 1 is 1.53 bits per heavy atom. The maximum atomic E-state index is 13.0. The first-order chi connectivity index (χ1) is 7.15. The minimum absolute atomic E-state index is 0.161. The van der Waals surface area contributed by atoms with Crippen molar-refractivity contribution in [3.8, 4) is 0 Å². The lowest BCUT2D eigenvalue weighted by Gasteiger charge is -2.14. The number of aliphatic hydroxyl groups is 1. The highest BCUT2D eigenvalue weighted by molar-refractivity contribution is 9.10. The van der Waals surface area contributed by atoms with Crippen molar-refractivity contribution in [1.82, 2.24) is 5.32 Å². The van der Waals surface area contributed by atoms with Gasteiger partial charge in [0.15, 0.2) is 0 Å². The summed E-state index contributed by atoms with van der Waals surface area (Å²) >= 11 is 3.15. The van der Waals surface area contributed by atoms with Crippen molar-refractivity contribution in [3.63, 3.8) is 0 Å². The Bertz CT molecular complexity index is 319. The predicted molar refractivity (Wildman–Crippen MR) is 62.2 cm³/mol. The molecule has 1 unspecified atom stereocenters. The van der Waals surface area contributed by atoms with E-state index in [4.69, 9.17) is 5.11 Å². The van der Waals surface area contributed by atoms with Crippen LogP contribution in [-0.4, -0.2) is 18.3 Å². The SMILES string of the molecule is CC(NCCCO)c1ccc(F)c(Br)c1. The third kappa shape index (κ3) is 3.89. The number of hydrogen-bond donors (Lipinski definition) is 2. The van der Waals surface area contributed by atoms with Gasteiger partial charge < -0.3 is 10.4 Å². The summed E-state index contributed by atoms with van der Waals surface area (Å²) in [6, 6.07) is 5.14. The molecule has 4 heteroatoms. The van der Waals surface area contributed by atoms with Crippen molar-refractivity contribution in [2.75, 3.05) is 13.2 Å². The number of rotatable bonds is 5. The molecule has 2 nitrogen and oxygen atoms in total. The fourth-order valence-corrected chi connectivity index (χ4v) is 1.69. The summed E-state index contributed by atoms with van der Waals surface area (Å²) in [7, 11) is 0. The molecule has 15 heavy (non-hydrogen) atoms. The zero-order valence-electron chi connectivity index (χ0n) is 8.63. The van der Waals surface area contributed by atoms with Crippen LogP contribution in [-0.2, 0) is 0 Å². The zero-order valence-corrected chi connectivity index (χ0v) is 10.2. The van der Waals surface area contributed by atoms with Gasteiger partial charge in [-0.15, -0.1) is 0 Å². The van der Waals surface area contributed by atoms with Gasteiger partial charge in [0.2, 0.25) is 0 Å². The van der Waals surface area contributed by atoms with Crippen molar-refractivity contribution in [3.05, 3.63) is 34.1 Å². The quantitative estimate of drug-likeness (QED) is 0.810. The average Bonchev–Trinajstić information content (AvgIpc) is 2.22. The third-order valence-corrected chi connectivity index (χ3v) is 2.84. The van der Waals surface area contributed by atoms with E-state index >= 15 is 0 Å². The Balaban J connectivity index is 2.57. The second-order valence-electron chi connectivity index (χ2n) is 3.43. The minimum atomic E-state index is -0.249. The van der Waals surface area contributed by atoms with Gasteiger partial charge in [-0.25, -0.2) is 4.39 Å². The molecule has 0 amide bonds. The van der Waals surface area contributed by atoms with Gasteiger partial charge in [-0.3, -0.25) is 0 Å². The molecular formula is C11H15BrFNO. The van der Waals surface area contributed by atoms with E-state index in [1.807, 2.05) is 6.92 Å². The van der Waals surface area contributed by atoms with E-state index in [1.165, 1.54) is 6.07 Å². The molecule has 0 fully saturated rings. The normalized spacial score (nSPS) is 12.8. The Morgan fingerprint density at radius 3 is 2.87 bits per heavy atom. The topological polar surface area (TPSA) is 32.3 Å². The Hall–Kier alpha value is -0.450. The third-order valence-electron chi connectivity index (χ3n) is 2.23. The Morgan fingerprint density at radius 2 is 2.27 bits per heavy atom. The van der Waals surface area contributed by atoms with Gasteiger partial charge in [-0.1, -0.05) is 6.07 Å². The highest BCUT2D eigenvalue weighted by Crippen LogP contribution is 2.20. The lowest BCUT2D eigenvalue weighted by atomic mass is 10.1. The molecule has 0 aliphatic carbocycles. The molecule has 0 aliphatic rings. The maximum Gasteiger partial charge on any atom is 0.137 e. The van der Waals surface area contributed by atoms with Gasteiger partial charge in [0.1, 0.15) is 5.82 Å². The average molecular weight is 276 g/mol. The first kappa shape index (κ1) is 12.6. The Kier molecular flexibility index (Phi) is 5.22. The predicted octanol–water partition coefficient (Wildman–Crippen LogP) is 2.62. The van der Waals surface area contributed by atoms with E-state index in [2.05, 4.69) is 21.2 Å². The molecule has 0 bridgehead atoms. The van der Waals surface area contributed by atoms with Gasteiger partial charge in [0.25, 0.3) is 0 Å². The van der Waals surface area contributed by atoms with E-state index < -0.39 is 0 Å². The summed E-state index contributed by atoms with van der Waals surface area (Å²) in [5, 5.41) is 11.9. The second kappa shape index (κ2) is 6.20. The molecule has 0 radical (unpaired) electrons. The Labute approximate surface area is 97.6 Å². The molecule has 2 N–H and O–H groups in total. The molecule has 84 valence electrons. The van der Waals surface area contributed by atoms with Crippen LogP contribution in [0.4, 0.5) is 4.39 Å². The van der Waals surface area contributed by atoms with Crippen molar-refractivity contribution in [2.24, 2.45) is 0 Å². The molecule has 1 atom stereocenters. The van der Waals surface area contributed by atoms with Gasteiger partial charge in [-0.05, 0) is 53.5 Å². The molecule has 0 aliphatic heterocycles. The molecule has 0 heterocycles. The molecule has 0 spiro atoms. The zero-order chi connectivity index (χ0) is 11.3. The lowest BCUT2D eigenvalue weighted by Crippen LogP contribution is -2.20. The number of aliphatic hydroxyl groups excluding tert-OH is 1. The summed E-state index contributed by atoms with van der Waals surface area (Å²) in [5.41, 5.74) is 1.03. The van der Waals surface area contributed by atoms with Crippen LogP contribution in [0.2, 0.25) is 0 Å². The van der Waals surface area contributed by atoms with E-state index in [0.717, 1.165) is 18.5 Å². The molecule has 1 aromatic carbocycles. The largest absolute Gasteiger partial charge is 0.396 e. The van der Waals surface area contributed by atoms with Gasteiger partial charge in [-0.2, -0.15) is 0 Å². The smallest absolute Gasteiger partial charge is 0.137 e. The highest BCUT2D eigenvalue weighted by Gasteiger charge is 2.06. The number of nitrogens with one attached hydrogen (secondary N) is 1. The standard InChI is InChI=1S/C11H15BrFNO/c1-8(14-5-2-6-15)9-3-4-11(13)10(12)7-9/h3-4,7-8,14-15H,2,5-6H2,1H3. The fourth-order valence-electron chi connectivity index (χ4n) is 1.30. The monoisotopic (exact) mass is 275 g/mol. The molecule has 0 saturated heterocycles. The number of halogens is 2. The molecule has 0 aromatic heterocycles. The van der Waals surface area contributed by atoms with Crippen LogP contribution in [0.5, 0.6) is 0 Å². The summed E-state index contributed by atoms with van der Waals surface area (Å²) in [6.07, 6.45) is 0.729. The van der Waals surface area contributed by atoms with Crippen LogP contribution in [0, 0.1) is 5.82 Å². The van der Waals surface area contributed by atoms with Gasteiger partial charge >= 0.3 is 0 Å². The van der Waals surface area contributed by atoms with Crippen LogP contribution < -0.4 is 5.32 Å². The maximum absolute atomic E-state index is 13.0. The van der Waals surface area contributed by atoms with E-state index in [-0.39, 0.29) is 18.5 Å². The first-order valence-electron chi connectivity index (χ1n) is 4.94. The van der Waals surface area contributed by atoms with Crippen molar-refractivity contribution in [2.45, 2.75) is 19.4 Å². The van der Waals surface area contributed by atoms with Crippen molar-refractivity contribution in [1.29, 1.82) is 0 Å². The second-order valence-corrected chi connectivity index (χ2v) is 4.28. The molecule has 1 rings (SSSR count). The number of benzene rings is 1. The number of hydrogen-bond acceptors (Lipinski definition) is 2. The minimum Gasteiger partial charge on any atom is -0.396 e. The van der Waals surface area contributed by atoms with Crippen LogP contribution in [0.25, 0.3) is 0 Å².